The maximum atomic E-state index is 12.1. The van der Waals surface area contributed by atoms with Crippen LogP contribution < -0.4 is 11.1 Å². The molecule has 1 aliphatic rings. The van der Waals surface area contributed by atoms with Gasteiger partial charge in [-0.25, -0.2) is 0 Å². The number of amides is 2. The van der Waals surface area contributed by atoms with Crippen LogP contribution in [-0.2, 0) is 4.79 Å². The molecule has 1 aromatic rings. The molecule has 1 fully saturated rings. The molecule has 0 aromatic heterocycles. The first-order chi connectivity index (χ1) is 8.99. The molecular formula is C11H12N4O4. The predicted octanol–water partition coefficient (Wildman–Crippen LogP) is -0.251. The Hall–Kier alpha value is -2.64. The number of nitro groups is 1. The Kier molecular flexibility index (Phi) is 3.32. The number of carbonyl (C=O) groups excluding carboxylic acids is 2. The molecule has 2 rings (SSSR count). The highest BCUT2D eigenvalue weighted by Crippen LogP contribution is 2.23. The molecule has 1 aromatic carbocycles. The second kappa shape index (κ2) is 4.92. The molecule has 0 spiro atoms. The minimum absolute atomic E-state index is 0.00191. The van der Waals surface area contributed by atoms with Crippen molar-refractivity contribution in [3.05, 3.63) is 33.9 Å². The zero-order valence-corrected chi connectivity index (χ0v) is 9.96. The van der Waals surface area contributed by atoms with E-state index in [1.165, 1.54) is 17.0 Å². The van der Waals surface area contributed by atoms with Gasteiger partial charge in [0.25, 0.3) is 11.6 Å². The first-order valence-corrected chi connectivity index (χ1v) is 5.59. The quantitative estimate of drug-likeness (QED) is 0.433. The van der Waals surface area contributed by atoms with Crippen molar-refractivity contribution < 1.29 is 14.5 Å². The molecule has 0 radical (unpaired) electrons. The van der Waals surface area contributed by atoms with Gasteiger partial charge in [0.15, 0.2) is 0 Å². The van der Waals surface area contributed by atoms with Crippen LogP contribution in [0.5, 0.6) is 0 Å². The monoisotopic (exact) mass is 264 g/mol. The molecular weight excluding hydrogens is 252 g/mol. The average molecular weight is 264 g/mol. The summed E-state index contributed by atoms with van der Waals surface area (Å²) in [6.07, 6.45) is 0. The number of nitrogen functional groups attached to an aromatic ring is 1. The predicted molar refractivity (Wildman–Crippen MR) is 66.4 cm³/mol. The number of rotatable bonds is 2. The van der Waals surface area contributed by atoms with Crippen molar-refractivity contribution in [2.75, 3.05) is 25.4 Å². The van der Waals surface area contributed by atoms with E-state index in [4.69, 9.17) is 5.73 Å². The lowest BCUT2D eigenvalue weighted by atomic mass is 10.1. The van der Waals surface area contributed by atoms with Gasteiger partial charge < -0.3 is 16.0 Å². The van der Waals surface area contributed by atoms with Crippen molar-refractivity contribution in [1.82, 2.24) is 10.2 Å². The summed E-state index contributed by atoms with van der Waals surface area (Å²) in [5, 5.41) is 13.4. The zero-order valence-electron chi connectivity index (χ0n) is 9.96. The number of carbonyl (C=O) groups is 2. The van der Waals surface area contributed by atoms with Crippen molar-refractivity contribution in [2.24, 2.45) is 0 Å². The minimum Gasteiger partial charge on any atom is -0.393 e. The van der Waals surface area contributed by atoms with Gasteiger partial charge >= 0.3 is 0 Å². The van der Waals surface area contributed by atoms with Crippen LogP contribution in [-0.4, -0.2) is 41.3 Å². The van der Waals surface area contributed by atoms with Gasteiger partial charge in [-0.15, -0.1) is 0 Å². The van der Waals surface area contributed by atoms with Crippen molar-refractivity contribution >= 4 is 23.2 Å². The molecule has 1 heterocycles. The third-order valence-corrected chi connectivity index (χ3v) is 2.80. The van der Waals surface area contributed by atoms with Gasteiger partial charge in [-0.05, 0) is 12.1 Å². The fourth-order valence-electron chi connectivity index (χ4n) is 1.83. The van der Waals surface area contributed by atoms with Crippen LogP contribution >= 0.6 is 0 Å². The Bertz CT molecular complexity index is 558. The first-order valence-electron chi connectivity index (χ1n) is 5.59. The molecule has 3 N–H and O–H groups in total. The number of nitrogens with two attached hydrogens (primary N) is 1. The summed E-state index contributed by atoms with van der Waals surface area (Å²) in [7, 11) is 0. The molecule has 1 saturated heterocycles. The molecule has 8 heteroatoms. The van der Waals surface area contributed by atoms with Crippen LogP contribution in [0.15, 0.2) is 18.2 Å². The second-order valence-electron chi connectivity index (χ2n) is 4.11. The number of hydrogen-bond donors (Lipinski definition) is 2. The van der Waals surface area contributed by atoms with Gasteiger partial charge in [-0.3, -0.25) is 19.7 Å². The van der Waals surface area contributed by atoms with Gasteiger partial charge in [-0.2, -0.15) is 0 Å². The van der Waals surface area contributed by atoms with Crippen molar-refractivity contribution in [1.29, 1.82) is 0 Å². The smallest absolute Gasteiger partial charge is 0.292 e. The van der Waals surface area contributed by atoms with Crippen LogP contribution in [0.3, 0.4) is 0 Å². The summed E-state index contributed by atoms with van der Waals surface area (Å²) in [5.41, 5.74) is 5.29. The Morgan fingerprint density at radius 3 is 2.84 bits per heavy atom. The maximum absolute atomic E-state index is 12.1. The third-order valence-electron chi connectivity index (χ3n) is 2.80. The summed E-state index contributed by atoms with van der Waals surface area (Å²) in [6.45, 7) is 0.710. The van der Waals surface area contributed by atoms with Crippen LogP contribution in [0.4, 0.5) is 11.4 Å². The van der Waals surface area contributed by atoms with E-state index < -0.39 is 10.8 Å². The molecule has 100 valence electrons. The Balaban J connectivity index is 2.26. The summed E-state index contributed by atoms with van der Waals surface area (Å²) in [4.78, 5) is 34.8. The van der Waals surface area contributed by atoms with Crippen molar-refractivity contribution in [3.63, 3.8) is 0 Å². The second-order valence-corrected chi connectivity index (χ2v) is 4.11. The number of nitro benzene ring substituents is 1. The average Bonchev–Trinajstić information content (AvgIpc) is 2.38. The number of nitrogens with one attached hydrogen (secondary N) is 1. The molecule has 0 saturated carbocycles. The van der Waals surface area contributed by atoms with E-state index >= 15 is 0 Å². The lowest BCUT2D eigenvalue weighted by molar-refractivity contribution is -0.383. The lowest BCUT2D eigenvalue weighted by Crippen LogP contribution is -2.49. The summed E-state index contributed by atoms with van der Waals surface area (Å²) in [5.74, 6) is -0.664. The molecule has 0 aliphatic carbocycles. The van der Waals surface area contributed by atoms with Gasteiger partial charge in [0, 0.05) is 24.7 Å². The van der Waals surface area contributed by atoms with E-state index in [1.807, 2.05) is 0 Å². The topological polar surface area (TPSA) is 119 Å². The van der Waals surface area contributed by atoms with Gasteiger partial charge in [0.1, 0.15) is 5.69 Å². The highest BCUT2D eigenvalue weighted by atomic mass is 16.6. The Labute approximate surface area is 108 Å². The highest BCUT2D eigenvalue weighted by Gasteiger charge is 2.24. The molecule has 0 unspecified atom stereocenters. The molecule has 2 amide bonds. The van der Waals surface area contributed by atoms with Crippen molar-refractivity contribution in [2.45, 2.75) is 0 Å². The number of hydrogen-bond acceptors (Lipinski definition) is 5. The maximum Gasteiger partial charge on any atom is 0.292 e. The Morgan fingerprint density at radius 2 is 2.21 bits per heavy atom. The normalized spacial score (nSPS) is 14.9. The molecule has 8 nitrogen and oxygen atoms in total. The van der Waals surface area contributed by atoms with Crippen molar-refractivity contribution in [3.8, 4) is 0 Å². The SMILES string of the molecule is Nc1ccc(C(=O)N2CCNC(=O)C2)cc1[N+](=O)[O-]. The van der Waals surface area contributed by atoms with Gasteiger partial charge in [-0.1, -0.05) is 0 Å². The van der Waals surface area contributed by atoms with E-state index in [1.54, 1.807) is 0 Å². The lowest BCUT2D eigenvalue weighted by Gasteiger charge is -2.26. The zero-order chi connectivity index (χ0) is 14.0. The third kappa shape index (κ3) is 2.62. The largest absolute Gasteiger partial charge is 0.393 e. The van der Waals surface area contributed by atoms with Crippen LogP contribution in [0.2, 0.25) is 0 Å². The number of piperazine rings is 1. The number of nitrogens with zero attached hydrogens (tertiary/aromatic N) is 2. The summed E-state index contributed by atoms with van der Waals surface area (Å²) in [6, 6.07) is 3.86. The van der Waals surface area contributed by atoms with E-state index in [2.05, 4.69) is 5.32 Å². The molecule has 1 aliphatic heterocycles. The van der Waals surface area contributed by atoms with E-state index in [0.717, 1.165) is 6.07 Å². The number of benzene rings is 1. The van der Waals surface area contributed by atoms with Crippen LogP contribution in [0.25, 0.3) is 0 Å². The van der Waals surface area contributed by atoms with E-state index in [-0.39, 0.29) is 29.4 Å². The van der Waals surface area contributed by atoms with E-state index in [0.29, 0.717) is 13.1 Å². The number of anilines is 1. The fraction of sp³-hybridized carbons (Fsp3) is 0.273. The van der Waals surface area contributed by atoms with Gasteiger partial charge in [0.05, 0.1) is 11.5 Å². The Morgan fingerprint density at radius 1 is 1.47 bits per heavy atom. The summed E-state index contributed by atoms with van der Waals surface area (Å²) >= 11 is 0. The van der Waals surface area contributed by atoms with Gasteiger partial charge in [0.2, 0.25) is 5.91 Å². The molecule has 0 bridgehead atoms. The highest BCUT2D eigenvalue weighted by molar-refractivity contribution is 5.98. The van der Waals surface area contributed by atoms with E-state index in [9.17, 15) is 19.7 Å². The molecule has 19 heavy (non-hydrogen) atoms. The summed E-state index contributed by atoms with van der Waals surface area (Å²) < 4.78 is 0. The van der Waals surface area contributed by atoms with Crippen LogP contribution in [0, 0.1) is 10.1 Å². The molecule has 0 atom stereocenters. The van der Waals surface area contributed by atoms with Crippen LogP contribution in [0.1, 0.15) is 10.4 Å². The standard InChI is InChI=1S/C11H12N4O4/c12-8-2-1-7(5-9(8)15(18)19)11(17)14-4-3-13-10(16)6-14/h1-2,5H,3-4,6,12H2,(H,13,16). The minimum atomic E-state index is -0.644. The fourth-order valence-corrected chi connectivity index (χ4v) is 1.83. The first kappa shape index (κ1) is 12.8.